The molecule has 170 valence electrons. The summed E-state index contributed by atoms with van der Waals surface area (Å²) >= 11 is 2.15. The number of nitrogens with zero attached hydrogens (tertiary/aromatic N) is 1. The molecule has 0 saturated heterocycles. The van der Waals surface area contributed by atoms with Crippen LogP contribution >= 0.6 is 22.6 Å². The Kier molecular flexibility index (Phi) is 8.66. The predicted molar refractivity (Wildman–Crippen MR) is 129 cm³/mol. The fourth-order valence-corrected chi connectivity index (χ4v) is 4.22. The van der Waals surface area contributed by atoms with Gasteiger partial charge < -0.3 is 25.2 Å². The maximum absolute atomic E-state index is 12.7. The molecule has 0 aromatic heterocycles. The van der Waals surface area contributed by atoms with Crippen molar-refractivity contribution >= 4 is 34.4 Å². The van der Waals surface area contributed by atoms with E-state index in [4.69, 9.17) is 9.84 Å². The zero-order valence-electron chi connectivity index (χ0n) is 17.8. The zero-order chi connectivity index (χ0) is 23.1. The van der Waals surface area contributed by atoms with Crippen LogP contribution in [0.1, 0.15) is 18.9 Å². The van der Waals surface area contributed by atoms with Gasteiger partial charge in [0.1, 0.15) is 18.0 Å². The third kappa shape index (κ3) is 6.08. The first-order valence-corrected chi connectivity index (χ1v) is 11.5. The van der Waals surface area contributed by atoms with Crippen molar-refractivity contribution in [3.8, 4) is 5.75 Å². The molecule has 32 heavy (non-hydrogen) atoms. The van der Waals surface area contributed by atoms with E-state index >= 15 is 0 Å². The summed E-state index contributed by atoms with van der Waals surface area (Å²) in [4.78, 5) is 26.9. The fourth-order valence-electron chi connectivity index (χ4n) is 3.71. The van der Waals surface area contributed by atoms with Crippen LogP contribution in [0.2, 0.25) is 0 Å². The number of aliphatic hydroxyl groups excluding tert-OH is 2. The number of nitrogens with one attached hydrogen (secondary N) is 1. The quantitative estimate of drug-likeness (QED) is 0.439. The molecule has 3 rings (SSSR count). The minimum absolute atomic E-state index is 0.117. The molecule has 2 aromatic rings. The lowest BCUT2D eigenvalue weighted by atomic mass is 9.88. The second-order valence-corrected chi connectivity index (χ2v) is 8.74. The van der Waals surface area contributed by atoms with Crippen molar-refractivity contribution in [2.75, 3.05) is 13.2 Å². The molecule has 0 saturated carbocycles. The molecule has 2 amide bonds. The summed E-state index contributed by atoms with van der Waals surface area (Å²) in [5, 5.41) is 22.9. The number of halogens is 1. The van der Waals surface area contributed by atoms with Gasteiger partial charge in [0.25, 0.3) is 0 Å². The topological polar surface area (TPSA) is 99.1 Å². The molecule has 3 N–H and O–H groups in total. The summed E-state index contributed by atoms with van der Waals surface area (Å²) in [7, 11) is 0. The summed E-state index contributed by atoms with van der Waals surface area (Å²) in [5.74, 6) is 0.0279. The van der Waals surface area contributed by atoms with Crippen molar-refractivity contribution in [2.24, 2.45) is 0 Å². The number of para-hydroxylation sites is 1. The summed E-state index contributed by atoms with van der Waals surface area (Å²) in [6.45, 7) is 1.70. The Morgan fingerprint density at radius 1 is 1.16 bits per heavy atom. The number of hydrogen-bond acceptors (Lipinski definition) is 5. The molecule has 0 spiro atoms. The average Bonchev–Trinajstić information content (AvgIpc) is 2.79. The number of carbonyl (C=O) groups is 2. The molecular weight excluding hydrogens is 523 g/mol. The van der Waals surface area contributed by atoms with Gasteiger partial charge >= 0.3 is 0 Å². The number of carbonyl (C=O) groups excluding carboxylic acids is 2. The van der Waals surface area contributed by atoms with Crippen LogP contribution in [0.5, 0.6) is 5.75 Å². The van der Waals surface area contributed by atoms with Crippen LogP contribution < -0.4 is 10.1 Å². The molecule has 8 heteroatoms. The van der Waals surface area contributed by atoms with Crippen LogP contribution in [0, 0.1) is 3.57 Å². The lowest BCUT2D eigenvalue weighted by Crippen LogP contribution is -2.54. The molecule has 1 aliphatic rings. The van der Waals surface area contributed by atoms with Crippen molar-refractivity contribution < 1.29 is 24.5 Å². The van der Waals surface area contributed by atoms with Gasteiger partial charge in [0.15, 0.2) is 0 Å². The monoisotopic (exact) mass is 550 g/mol. The maximum atomic E-state index is 12.7. The molecular formula is C24H27IN2O5. The van der Waals surface area contributed by atoms with E-state index in [1.807, 2.05) is 48.5 Å². The Balaban J connectivity index is 1.92. The van der Waals surface area contributed by atoms with Gasteiger partial charge in [0.05, 0.1) is 16.2 Å². The standard InChI is InChI=1S/C24H27IN2O5/c1-16(29)27(15-17-7-3-2-4-8-17)20-13-18(24(31)26-11-12-28)14-22(23(20)30)32-21-10-6-5-9-19(21)25/h2-10,14,20,22-23,28,30H,11-13,15H2,1H3,(H,26,31)/t20-,22+,23+/m1/s1. The minimum Gasteiger partial charge on any atom is -0.482 e. The highest BCUT2D eigenvalue weighted by Crippen LogP contribution is 2.30. The van der Waals surface area contributed by atoms with Crippen molar-refractivity contribution in [3.63, 3.8) is 0 Å². The number of aliphatic hydroxyl groups is 2. The molecule has 0 bridgehead atoms. The number of amides is 2. The van der Waals surface area contributed by atoms with Crippen LogP contribution in [0.4, 0.5) is 0 Å². The first-order chi connectivity index (χ1) is 15.4. The van der Waals surface area contributed by atoms with Crippen molar-refractivity contribution in [1.82, 2.24) is 10.2 Å². The Hall–Kier alpha value is -2.43. The Morgan fingerprint density at radius 3 is 2.50 bits per heavy atom. The van der Waals surface area contributed by atoms with Gasteiger partial charge in [0, 0.05) is 32.0 Å². The fraction of sp³-hybridized carbons (Fsp3) is 0.333. The Morgan fingerprint density at radius 2 is 1.84 bits per heavy atom. The second-order valence-electron chi connectivity index (χ2n) is 7.58. The number of benzene rings is 2. The van der Waals surface area contributed by atoms with Gasteiger partial charge in [-0.1, -0.05) is 42.5 Å². The second kappa shape index (κ2) is 11.4. The van der Waals surface area contributed by atoms with Crippen molar-refractivity contribution in [1.29, 1.82) is 0 Å². The van der Waals surface area contributed by atoms with E-state index < -0.39 is 18.2 Å². The first-order valence-electron chi connectivity index (χ1n) is 10.4. The van der Waals surface area contributed by atoms with Gasteiger partial charge in [-0.25, -0.2) is 0 Å². The summed E-state index contributed by atoms with van der Waals surface area (Å²) < 4.78 is 6.96. The number of hydrogen-bond donors (Lipinski definition) is 3. The largest absolute Gasteiger partial charge is 0.482 e. The van der Waals surface area contributed by atoms with E-state index in [9.17, 15) is 14.7 Å². The predicted octanol–water partition coefficient (Wildman–Crippen LogP) is 2.26. The highest BCUT2D eigenvalue weighted by atomic mass is 127. The molecule has 3 atom stereocenters. The molecule has 0 heterocycles. The van der Waals surface area contributed by atoms with E-state index in [1.54, 1.807) is 17.0 Å². The smallest absolute Gasteiger partial charge is 0.247 e. The van der Waals surface area contributed by atoms with Crippen molar-refractivity contribution in [3.05, 3.63) is 75.4 Å². The van der Waals surface area contributed by atoms with Crippen LogP contribution in [0.25, 0.3) is 0 Å². The van der Waals surface area contributed by atoms with Crippen molar-refractivity contribution in [2.45, 2.75) is 38.1 Å². The first kappa shape index (κ1) is 24.2. The van der Waals surface area contributed by atoms with Crippen LogP contribution in [0.15, 0.2) is 66.2 Å². The third-order valence-electron chi connectivity index (χ3n) is 5.31. The van der Waals surface area contributed by atoms with Crippen LogP contribution in [-0.4, -0.2) is 58.3 Å². The van der Waals surface area contributed by atoms with Crippen LogP contribution in [-0.2, 0) is 16.1 Å². The van der Waals surface area contributed by atoms with Crippen LogP contribution in [0.3, 0.4) is 0 Å². The highest BCUT2D eigenvalue weighted by Gasteiger charge is 2.39. The SMILES string of the molecule is CC(=O)N(Cc1ccccc1)[C@@H]1CC(C(=O)NCCO)=C[C@H](Oc2ccccc2I)[C@H]1O. The lowest BCUT2D eigenvalue weighted by molar-refractivity contribution is -0.137. The normalized spacial score (nSPS) is 20.2. The molecule has 0 aliphatic heterocycles. The Labute approximate surface area is 201 Å². The third-order valence-corrected chi connectivity index (χ3v) is 6.21. The molecule has 0 unspecified atom stereocenters. The lowest BCUT2D eigenvalue weighted by Gasteiger charge is -2.40. The highest BCUT2D eigenvalue weighted by molar-refractivity contribution is 14.1. The van der Waals surface area contributed by atoms with Gasteiger partial charge in [-0.05, 0) is 46.4 Å². The molecule has 1 aliphatic carbocycles. The van der Waals surface area contributed by atoms with Gasteiger partial charge in [-0.15, -0.1) is 0 Å². The summed E-state index contributed by atoms with van der Waals surface area (Å²) in [5.41, 5.74) is 1.33. The zero-order valence-corrected chi connectivity index (χ0v) is 19.9. The minimum atomic E-state index is -1.03. The summed E-state index contributed by atoms with van der Waals surface area (Å²) in [6, 6.07) is 16.3. The van der Waals surface area contributed by atoms with E-state index in [0.717, 1.165) is 9.13 Å². The van der Waals surface area contributed by atoms with E-state index in [-0.39, 0.29) is 31.4 Å². The van der Waals surface area contributed by atoms with Gasteiger partial charge in [-0.2, -0.15) is 0 Å². The van der Waals surface area contributed by atoms with E-state index in [0.29, 0.717) is 17.9 Å². The maximum Gasteiger partial charge on any atom is 0.247 e. The average molecular weight is 550 g/mol. The number of rotatable bonds is 8. The van der Waals surface area contributed by atoms with E-state index in [2.05, 4.69) is 27.9 Å². The van der Waals surface area contributed by atoms with Gasteiger partial charge in [0.2, 0.25) is 11.8 Å². The van der Waals surface area contributed by atoms with E-state index in [1.165, 1.54) is 6.92 Å². The Bertz CT molecular complexity index is 966. The molecule has 0 radical (unpaired) electrons. The summed E-state index contributed by atoms with van der Waals surface area (Å²) in [6.07, 6.45) is -0.0702. The molecule has 0 fully saturated rings. The molecule has 7 nitrogen and oxygen atoms in total. The molecule has 2 aromatic carbocycles. The van der Waals surface area contributed by atoms with Gasteiger partial charge in [-0.3, -0.25) is 9.59 Å². The number of ether oxygens (including phenoxy) is 1.